The van der Waals surface area contributed by atoms with Crippen LogP contribution in [0.4, 0.5) is 10.5 Å². The maximum atomic E-state index is 15.0. The Labute approximate surface area is 285 Å². The van der Waals surface area contributed by atoms with Gasteiger partial charge in [-0.2, -0.15) is 38.2 Å². The lowest BCUT2D eigenvalue weighted by Crippen LogP contribution is -2.78. The minimum atomic E-state index is -5.53. The summed E-state index contributed by atoms with van der Waals surface area (Å²) in [6, 6.07) is 6.78. The Morgan fingerprint density at radius 1 is 0.900 bits per heavy atom. The molecule has 6 N–H and O–H groups in total. The van der Waals surface area contributed by atoms with Crippen molar-refractivity contribution >= 4 is 68.9 Å². The van der Waals surface area contributed by atoms with Gasteiger partial charge in [0.2, 0.25) is 0 Å². The molecule has 6 rings (SSSR count). The number of quaternary nitrogens is 1. The van der Waals surface area contributed by atoms with Gasteiger partial charge in [0.15, 0.2) is 21.2 Å². The van der Waals surface area contributed by atoms with Crippen molar-refractivity contribution in [2.24, 2.45) is 13.0 Å². The number of aryl methyl sites for hydroxylation is 1. The largest absolute Gasteiger partial charge is 0.372 e. The second kappa shape index (κ2) is 11.1. The first kappa shape index (κ1) is 35.6. The van der Waals surface area contributed by atoms with Crippen LogP contribution in [0.5, 0.6) is 0 Å². The van der Waals surface area contributed by atoms with E-state index in [9.17, 15) is 61.5 Å². The number of aromatic nitrogens is 1. The first-order valence-electron chi connectivity index (χ1n) is 14.1. The van der Waals surface area contributed by atoms with Crippen LogP contribution < -0.4 is 15.1 Å². The maximum Gasteiger partial charge on any atom is 0.372 e. The molecule has 1 fully saturated rings. The van der Waals surface area contributed by atoms with Gasteiger partial charge in [-0.15, -0.1) is 0 Å². The van der Waals surface area contributed by atoms with Crippen LogP contribution in [0.15, 0.2) is 92.9 Å². The minimum Gasteiger partial charge on any atom is -0.343 e. The van der Waals surface area contributed by atoms with Gasteiger partial charge in [0.05, 0.1) is 7.05 Å². The zero-order chi connectivity index (χ0) is 37.0. The summed E-state index contributed by atoms with van der Waals surface area (Å²) in [6.45, 7) is 0. The molecule has 266 valence electrons. The van der Waals surface area contributed by atoms with Crippen molar-refractivity contribution in [1.29, 1.82) is 0 Å². The molecule has 3 amide bonds. The average molecular weight is 772 g/mol. The van der Waals surface area contributed by atoms with E-state index in [1.165, 1.54) is 42.1 Å². The van der Waals surface area contributed by atoms with Crippen molar-refractivity contribution in [2.75, 3.05) is 7.05 Å². The maximum absolute atomic E-state index is 15.0. The Balaban J connectivity index is 1.87. The Morgan fingerprint density at radius 2 is 1.54 bits per heavy atom. The lowest BCUT2D eigenvalue weighted by atomic mass is 9.72. The van der Waals surface area contributed by atoms with E-state index in [0.29, 0.717) is 6.07 Å². The third kappa shape index (κ3) is 5.48. The van der Waals surface area contributed by atoms with Gasteiger partial charge < -0.3 is 15.2 Å². The highest BCUT2D eigenvalue weighted by Crippen LogP contribution is 2.51. The molecule has 22 heteroatoms. The van der Waals surface area contributed by atoms with Crippen LogP contribution >= 0.6 is 0 Å². The molecule has 0 radical (unpaired) electrons. The van der Waals surface area contributed by atoms with Crippen molar-refractivity contribution in [3.63, 3.8) is 0 Å². The number of nitrogens with zero attached hydrogens (tertiary/aromatic N) is 2. The number of urea groups is 1. The predicted molar refractivity (Wildman–Crippen MR) is 175 cm³/mol. The number of likely N-dealkylation sites (N-methyl/N-ethyl adjacent to an activating group) is 1. The van der Waals surface area contributed by atoms with Crippen LogP contribution in [0.2, 0.25) is 0 Å². The van der Waals surface area contributed by atoms with Gasteiger partial charge >= 0.3 is 22.1 Å². The molecular weight excluding hydrogens is 745 g/mol. The van der Waals surface area contributed by atoms with Crippen LogP contribution in [-0.2, 0) is 47.5 Å². The van der Waals surface area contributed by atoms with Gasteiger partial charge in [0, 0.05) is 36.2 Å². The smallest absolute Gasteiger partial charge is 0.343 e. The number of amides is 3. The second-order valence-electron chi connectivity index (χ2n) is 11.9. The van der Waals surface area contributed by atoms with Crippen molar-refractivity contribution in [3.8, 4) is 0 Å². The van der Waals surface area contributed by atoms with Crippen molar-refractivity contribution in [2.45, 2.75) is 27.1 Å². The van der Waals surface area contributed by atoms with Crippen LogP contribution in [0.1, 0.15) is 16.9 Å². The van der Waals surface area contributed by atoms with Gasteiger partial charge in [-0.3, -0.25) is 18.2 Å². The Hall–Kier alpha value is -4.26. The minimum absolute atomic E-state index is 0.166. The summed E-state index contributed by atoms with van der Waals surface area (Å²) in [5.41, 5.74) is -4.07. The van der Waals surface area contributed by atoms with E-state index in [4.69, 9.17) is 0 Å². The van der Waals surface area contributed by atoms with Gasteiger partial charge in [0.25, 0.3) is 30.4 Å². The molecule has 50 heavy (non-hydrogen) atoms. The van der Waals surface area contributed by atoms with Crippen LogP contribution in [0, 0.1) is 5.92 Å². The summed E-state index contributed by atoms with van der Waals surface area (Å²) in [7, 11) is -18.9. The third-order valence-corrected chi connectivity index (χ3v) is 12.8. The lowest BCUT2D eigenvalue weighted by molar-refractivity contribution is 0.0825. The van der Waals surface area contributed by atoms with E-state index < -0.39 is 117 Å². The van der Waals surface area contributed by atoms with Crippen LogP contribution in [0.25, 0.3) is 10.8 Å². The fourth-order valence-electron chi connectivity index (χ4n) is 6.87. The van der Waals surface area contributed by atoms with E-state index in [0.717, 1.165) is 37.4 Å². The van der Waals surface area contributed by atoms with Gasteiger partial charge in [-0.05, 0) is 42.1 Å². The third-order valence-electron chi connectivity index (χ3n) is 9.02. The van der Waals surface area contributed by atoms with Crippen molar-refractivity contribution in [3.05, 3.63) is 88.8 Å². The number of hydrogen-bond donors (Lipinski definition) is 6. The summed E-state index contributed by atoms with van der Waals surface area (Å²) >= 11 is 0. The Bertz CT molecular complexity index is 2600. The summed E-state index contributed by atoms with van der Waals surface area (Å²) in [5, 5.41) is 2.32. The normalized spacial score (nSPS) is 21.9. The van der Waals surface area contributed by atoms with Crippen molar-refractivity contribution in [1.82, 2.24) is 19.7 Å². The fourth-order valence-corrected chi connectivity index (χ4v) is 10.1. The van der Waals surface area contributed by atoms with E-state index in [1.54, 1.807) is 0 Å². The van der Waals surface area contributed by atoms with Gasteiger partial charge in [0.1, 0.15) is 21.5 Å². The highest BCUT2D eigenvalue weighted by molar-refractivity contribution is 7.90. The molecule has 1 aromatic heterocycles. The number of nitrogens with one attached hydrogen (secondary N) is 2. The first-order chi connectivity index (χ1) is 22.9. The molecule has 1 aliphatic heterocycles. The van der Waals surface area contributed by atoms with Crippen molar-refractivity contribution < 1.29 is 61.5 Å². The zero-order valence-corrected chi connectivity index (χ0v) is 28.9. The molecule has 0 bridgehead atoms. The number of carbonyl (C=O) groups is 2. The summed E-state index contributed by atoms with van der Waals surface area (Å²) in [6.07, 6.45) is 4.00. The second-order valence-corrected chi connectivity index (χ2v) is 17.6. The highest BCUT2D eigenvalue weighted by atomic mass is 32.2. The number of allylic oxidation sites excluding steroid dienone is 1. The predicted octanol–water partition coefficient (Wildman–Crippen LogP) is 1.33. The zero-order valence-electron chi connectivity index (χ0n) is 25.6. The molecule has 1 saturated heterocycles. The molecule has 2 aliphatic carbocycles. The quantitative estimate of drug-likeness (QED) is 0.112. The first-order valence-corrected chi connectivity index (χ1v) is 20.0. The number of rotatable bonds is 7. The highest BCUT2D eigenvalue weighted by Gasteiger charge is 2.60. The monoisotopic (exact) mass is 771 g/mol. The Morgan fingerprint density at radius 3 is 2.06 bits per heavy atom. The molecule has 3 aromatic rings. The number of fused-ring (bicyclic) bond motifs is 3. The number of benzene rings is 2. The molecule has 3 aliphatic rings. The van der Waals surface area contributed by atoms with Crippen LogP contribution in [-0.4, -0.2) is 86.3 Å². The summed E-state index contributed by atoms with van der Waals surface area (Å²) < 4.78 is 144. The molecule has 3 unspecified atom stereocenters. The molecule has 18 nitrogen and oxygen atoms in total. The fraction of sp³-hybridized carbons (Fsp3) is 0.214. The van der Waals surface area contributed by atoms with Gasteiger partial charge in [-0.25, -0.2) is 9.59 Å². The summed E-state index contributed by atoms with van der Waals surface area (Å²) in [4.78, 5) is 24.0. The molecule has 3 atom stereocenters. The van der Waals surface area contributed by atoms with Gasteiger partial charge in [-0.1, -0.05) is 24.3 Å². The number of hydrogen-bond acceptors (Lipinski definition) is 10. The molecule has 1 spiro atoms. The van der Waals surface area contributed by atoms with E-state index in [1.807, 2.05) is 0 Å². The molecule has 2 heterocycles. The van der Waals surface area contributed by atoms with E-state index in [-0.39, 0.29) is 11.1 Å². The van der Waals surface area contributed by atoms with Crippen LogP contribution in [0.3, 0.4) is 0 Å². The van der Waals surface area contributed by atoms with E-state index in [2.05, 4.69) is 10.6 Å². The number of carbonyl (C=O) groups excluding carboxylic acids is 2. The SMILES string of the molecule is Cn1cccc1C(=O)[N+](C)(C1=C2C(CC=C1S(=O)(=O)O)C1(C=CC2S(=O)(=O)O)NC(=O)N1)c1cc2cccc(S(=O)(=O)O)c2cc1S(=O)(=O)O. The standard InChI is InChI=1S/C28H26N4O14S4/c1-31-12-4-6-18(31)26(33)32(2,19-13-15-5-3-7-20(47(35,36)37)16(15)14-23(19)50(44,45)46)25-22(49(41,42)43)9-8-17-24(25)21(48(38,39)40)10-11-28(17)29-27(34)30-28/h3-7,9-14,17,21H,8H2,1-2H3,(H5-,29,30,34,35,36,37,38,39,40,41,42,43,44,45,46)/p+1. The van der Waals surface area contributed by atoms with E-state index >= 15 is 0 Å². The average Bonchev–Trinajstić information content (AvgIpc) is 3.41. The lowest BCUT2D eigenvalue weighted by Gasteiger charge is -2.52. The molecule has 2 aromatic carbocycles. The molecular formula is C28H27N4O14S4+. The summed E-state index contributed by atoms with van der Waals surface area (Å²) in [5.74, 6) is -2.48. The molecule has 0 saturated carbocycles. The Kier molecular flexibility index (Phi) is 7.91. The topological polar surface area (TPSA) is 281 Å².